The van der Waals surface area contributed by atoms with Crippen molar-refractivity contribution in [2.75, 3.05) is 6.26 Å². The van der Waals surface area contributed by atoms with Gasteiger partial charge in [0.2, 0.25) is 5.95 Å². The quantitative estimate of drug-likeness (QED) is 0.282. The van der Waals surface area contributed by atoms with Gasteiger partial charge in [-0.25, -0.2) is 9.97 Å². The monoisotopic (exact) mass is 557 g/mol. The van der Waals surface area contributed by atoms with Gasteiger partial charge in [0.15, 0.2) is 11.6 Å². The summed E-state index contributed by atoms with van der Waals surface area (Å²) in [5.74, 6) is -2.64. The number of aromatic nitrogens is 2. The third-order valence-electron chi connectivity index (χ3n) is 6.03. The van der Waals surface area contributed by atoms with Gasteiger partial charge < -0.3 is 0 Å². The summed E-state index contributed by atoms with van der Waals surface area (Å²) in [6.45, 7) is 7.09. The zero-order valence-corrected chi connectivity index (χ0v) is 22.3. The predicted octanol–water partition coefficient (Wildman–Crippen LogP) is 5.21. The summed E-state index contributed by atoms with van der Waals surface area (Å²) >= 11 is 1.01. The van der Waals surface area contributed by atoms with Crippen LogP contribution in [-0.4, -0.2) is 41.9 Å². The van der Waals surface area contributed by atoms with Gasteiger partial charge in [0.05, 0.1) is 22.1 Å². The van der Waals surface area contributed by atoms with E-state index in [1.54, 1.807) is 20.1 Å². The molecular formula is C24H23F4N3O4S2. The minimum atomic E-state index is -4.80. The van der Waals surface area contributed by atoms with Crippen molar-refractivity contribution in [1.82, 2.24) is 9.97 Å². The molecular weight excluding hydrogens is 534 g/mol. The normalized spacial score (nSPS) is 18.9. The van der Waals surface area contributed by atoms with E-state index in [9.17, 15) is 35.6 Å². The molecule has 0 atom stereocenters. The minimum Gasteiger partial charge on any atom is -0.298 e. The molecule has 0 amide bonds. The van der Waals surface area contributed by atoms with Gasteiger partial charge in [0.25, 0.3) is 10.0 Å². The number of sulfonamides is 1. The molecule has 7 nitrogen and oxygen atoms in total. The number of allylic oxidation sites excluding steroid dienone is 2. The van der Waals surface area contributed by atoms with Gasteiger partial charge in [0.1, 0.15) is 10.6 Å². The molecule has 2 aromatic rings. The molecule has 37 heavy (non-hydrogen) atoms. The molecule has 0 N–H and O–H groups in total. The Balaban J connectivity index is 2.38. The summed E-state index contributed by atoms with van der Waals surface area (Å²) < 4.78 is 83.8. The third kappa shape index (κ3) is 4.98. The summed E-state index contributed by atoms with van der Waals surface area (Å²) in [7, 11) is -4.80. The lowest BCUT2D eigenvalue weighted by Crippen LogP contribution is -2.50. The van der Waals surface area contributed by atoms with Gasteiger partial charge in [0, 0.05) is 22.4 Å². The first kappa shape index (κ1) is 28.6. The van der Waals surface area contributed by atoms with Crippen molar-refractivity contribution >= 4 is 39.1 Å². The van der Waals surface area contributed by atoms with Crippen LogP contribution in [0.5, 0.6) is 0 Å². The van der Waals surface area contributed by atoms with Crippen LogP contribution >= 0.6 is 11.8 Å². The van der Waals surface area contributed by atoms with E-state index in [1.807, 2.05) is 0 Å². The average molecular weight is 558 g/mol. The largest absolute Gasteiger partial charge is 0.433 e. The number of carbonyl (C=O) groups excluding carboxylic acids is 2. The average Bonchev–Trinajstić information content (AvgIpc) is 2.78. The fourth-order valence-electron chi connectivity index (χ4n) is 4.28. The summed E-state index contributed by atoms with van der Waals surface area (Å²) in [6, 6.07) is 3.71. The number of halogens is 4. The van der Waals surface area contributed by atoms with E-state index in [0.717, 1.165) is 30.1 Å². The van der Waals surface area contributed by atoms with Gasteiger partial charge in [-0.15, -0.1) is 11.8 Å². The van der Waals surface area contributed by atoms with Crippen LogP contribution in [0.2, 0.25) is 0 Å². The van der Waals surface area contributed by atoms with E-state index in [0.29, 0.717) is 6.07 Å². The van der Waals surface area contributed by atoms with E-state index in [-0.39, 0.29) is 21.7 Å². The van der Waals surface area contributed by atoms with Crippen LogP contribution in [0.15, 0.2) is 50.2 Å². The van der Waals surface area contributed by atoms with E-state index in [1.165, 1.54) is 26.8 Å². The molecule has 0 aromatic carbocycles. The van der Waals surface area contributed by atoms with Crippen LogP contribution in [-0.2, 0) is 21.0 Å². The van der Waals surface area contributed by atoms with Crippen molar-refractivity contribution in [2.24, 2.45) is 15.2 Å². The summed E-state index contributed by atoms with van der Waals surface area (Å²) in [5, 5.41) is 0. The number of aryl methyl sites for hydroxylation is 1. The number of rotatable bonds is 5. The van der Waals surface area contributed by atoms with Crippen molar-refractivity contribution in [3.8, 4) is 0 Å². The summed E-state index contributed by atoms with van der Waals surface area (Å²) in [6.07, 6.45) is -2.13. The molecule has 0 bridgehead atoms. The highest BCUT2D eigenvalue weighted by atomic mass is 32.2. The van der Waals surface area contributed by atoms with Gasteiger partial charge in [-0.2, -0.15) is 30.4 Å². The third-order valence-corrected chi connectivity index (χ3v) is 8.43. The molecule has 0 saturated carbocycles. The SMILES string of the molecule is CSC1=C(C(=O)c2ccc(C(F)(F)F)nc2C)/C(=N/S(=O)(=O)c2cccnc2F)C(C)(C)C(=O)C1(C)C. The van der Waals surface area contributed by atoms with Crippen LogP contribution in [0, 0.1) is 23.7 Å². The lowest BCUT2D eigenvalue weighted by atomic mass is 9.63. The number of Topliss-reactive ketones (excluding diaryl/α,β-unsaturated/α-hetero) is 2. The van der Waals surface area contributed by atoms with Gasteiger partial charge in [-0.05, 0) is 65.1 Å². The molecule has 0 saturated heterocycles. The highest BCUT2D eigenvalue weighted by Gasteiger charge is 2.53. The molecule has 3 rings (SSSR count). The van der Waals surface area contributed by atoms with E-state index in [4.69, 9.17) is 0 Å². The summed E-state index contributed by atoms with van der Waals surface area (Å²) in [5.41, 5.74) is -5.32. The maximum absolute atomic E-state index is 14.3. The topological polar surface area (TPSA) is 106 Å². The smallest absolute Gasteiger partial charge is 0.298 e. The second-order valence-corrected chi connectivity index (χ2v) is 11.7. The molecule has 0 radical (unpaired) electrons. The second-order valence-electron chi connectivity index (χ2n) is 9.35. The Labute approximate surface area is 215 Å². The highest BCUT2D eigenvalue weighted by Crippen LogP contribution is 2.49. The van der Waals surface area contributed by atoms with Gasteiger partial charge in [-0.3, -0.25) is 9.59 Å². The molecule has 0 fully saturated rings. The number of alkyl halides is 3. The molecule has 13 heteroatoms. The maximum atomic E-state index is 14.3. The Bertz CT molecular complexity index is 1480. The van der Waals surface area contributed by atoms with Crippen molar-refractivity contribution in [3.05, 3.63) is 63.8 Å². The van der Waals surface area contributed by atoms with Crippen molar-refractivity contribution in [1.29, 1.82) is 0 Å². The fraction of sp³-hybridized carbons (Fsp3) is 0.375. The Kier molecular flexibility index (Phi) is 7.30. The molecule has 1 aliphatic rings. The van der Waals surface area contributed by atoms with Crippen LogP contribution in [0.3, 0.4) is 0 Å². The van der Waals surface area contributed by atoms with E-state index < -0.39 is 60.8 Å². The minimum absolute atomic E-state index is 0.168. The molecule has 0 spiro atoms. The Morgan fingerprint density at radius 2 is 1.70 bits per heavy atom. The fourth-order valence-corrected chi connectivity index (χ4v) is 6.45. The van der Waals surface area contributed by atoms with Crippen LogP contribution < -0.4 is 0 Å². The Hall–Kier alpha value is -2.93. The number of nitrogens with zero attached hydrogens (tertiary/aromatic N) is 3. The first-order chi connectivity index (χ1) is 16.9. The molecule has 1 aliphatic carbocycles. The molecule has 0 aliphatic heterocycles. The number of ketones is 2. The number of pyridine rings is 2. The zero-order chi connectivity index (χ0) is 28.1. The number of hydrogen-bond acceptors (Lipinski definition) is 7. The number of hydrogen-bond donors (Lipinski definition) is 0. The second kappa shape index (κ2) is 9.43. The van der Waals surface area contributed by atoms with Gasteiger partial charge >= 0.3 is 6.18 Å². The van der Waals surface area contributed by atoms with Crippen molar-refractivity contribution in [3.63, 3.8) is 0 Å². The first-order valence-electron chi connectivity index (χ1n) is 10.8. The lowest BCUT2D eigenvalue weighted by molar-refractivity contribution is -0.141. The Morgan fingerprint density at radius 1 is 1.08 bits per heavy atom. The van der Waals surface area contributed by atoms with Crippen molar-refractivity contribution in [2.45, 2.75) is 45.7 Å². The summed E-state index contributed by atoms with van der Waals surface area (Å²) in [4.78, 5) is 33.5. The number of carbonyl (C=O) groups is 2. The maximum Gasteiger partial charge on any atom is 0.433 e. The number of thioether (sulfide) groups is 1. The molecule has 198 valence electrons. The predicted molar refractivity (Wildman–Crippen MR) is 130 cm³/mol. The van der Waals surface area contributed by atoms with E-state index in [2.05, 4.69) is 14.4 Å². The highest BCUT2D eigenvalue weighted by molar-refractivity contribution is 8.02. The lowest BCUT2D eigenvalue weighted by Gasteiger charge is -2.42. The van der Waals surface area contributed by atoms with E-state index >= 15 is 0 Å². The van der Waals surface area contributed by atoms with Crippen LogP contribution in [0.4, 0.5) is 17.6 Å². The zero-order valence-electron chi connectivity index (χ0n) is 20.7. The molecule has 0 unspecified atom stereocenters. The molecule has 2 heterocycles. The molecule has 2 aromatic heterocycles. The Morgan fingerprint density at radius 3 is 2.22 bits per heavy atom. The standard InChI is InChI=1S/C24H23F4N3O4S2/c1-12-13(9-10-15(30-12)24(26,27)28)17(32)16-18(22(2,3)21(33)23(4,5)19(16)36-6)31-37(34,35)14-8-7-11-29-20(14)25/h7-11H,1-6H3/b31-18-. The first-order valence-corrected chi connectivity index (χ1v) is 13.4. The van der Waals surface area contributed by atoms with Crippen LogP contribution in [0.1, 0.15) is 49.4 Å². The van der Waals surface area contributed by atoms with Crippen LogP contribution in [0.25, 0.3) is 0 Å². The van der Waals surface area contributed by atoms with Gasteiger partial charge in [-0.1, -0.05) is 0 Å². The van der Waals surface area contributed by atoms with Crippen molar-refractivity contribution < 1.29 is 35.6 Å².